The van der Waals surface area contributed by atoms with Crippen molar-refractivity contribution < 1.29 is 9.53 Å². The summed E-state index contributed by atoms with van der Waals surface area (Å²) in [6.45, 7) is 3.97. The number of amides is 1. The molecule has 0 spiro atoms. The van der Waals surface area contributed by atoms with Crippen molar-refractivity contribution in [2.24, 2.45) is 0 Å². The SMILES string of the molecule is CC(C)Oc1cccc(-c2cc(C(=O)Nc3ccccn3)c3ccccc3n2)c1. The quantitative estimate of drug-likeness (QED) is 0.505. The molecule has 0 aliphatic rings. The smallest absolute Gasteiger partial charge is 0.257 e. The predicted molar refractivity (Wildman–Crippen MR) is 115 cm³/mol. The number of ether oxygens (including phenoxy) is 1. The number of hydrogen-bond acceptors (Lipinski definition) is 4. The highest BCUT2D eigenvalue weighted by atomic mass is 16.5. The third-order valence-corrected chi connectivity index (χ3v) is 4.37. The van der Waals surface area contributed by atoms with Crippen LogP contribution >= 0.6 is 0 Å². The van der Waals surface area contributed by atoms with Crippen LogP contribution in [0.5, 0.6) is 5.75 Å². The Hall–Kier alpha value is -3.73. The van der Waals surface area contributed by atoms with Crippen molar-refractivity contribution in [2.75, 3.05) is 5.32 Å². The molecule has 2 aromatic carbocycles. The second-order valence-corrected chi connectivity index (χ2v) is 6.94. The third kappa shape index (κ3) is 4.24. The van der Waals surface area contributed by atoms with E-state index >= 15 is 0 Å². The van der Waals surface area contributed by atoms with Crippen molar-refractivity contribution in [1.82, 2.24) is 9.97 Å². The average Bonchev–Trinajstić information content (AvgIpc) is 2.73. The summed E-state index contributed by atoms with van der Waals surface area (Å²) in [6.07, 6.45) is 1.72. The summed E-state index contributed by atoms with van der Waals surface area (Å²) in [4.78, 5) is 22.0. The van der Waals surface area contributed by atoms with Gasteiger partial charge in [0, 0.05) is 17.1 Å². The van der Waals surface area contributed by atoms with E-state index < -0.39 is 0 Å². The van der Waals surface area contributed by atoms with Crippen molar-refractivity contribution in [3.8, 4) is 17.0 Å². The summed E-state index contributed by atoms with van der Waals surface area (Å²) < 4.78 is 5.81. The van der Waals surface area contributed by atoms with Crippen LogP contribution in [0.1, 0.15) is 24.2 Å². The number of carbonyl (C=O) groups is 1. The average molecular weight is 383 g/mol. The standard InChI is InChI=1S/C24H21N3O2/c1-16(2)29-18-9-7-8-17(14-18)22-15-20(19-10-3-4-11-21(19)26-22)24(28)27-23-12-5-6-13-25-23/h3-16H,1-2H3,(H,25,27,28). The molecular formula is C24H21N3O2. The highest BCUT2D eigenvalue weighted by Gasteiger charge is 2.15. The molecule has 0 aliphatic carbocycles. The van der Waals surface area contributed by atoms with Crippen LogP contribution in [0.4, 0.5) is 5.82 Å². The Bertz CT molecular complexity index is 1160. The number of hydrogen-bond donors (Lipinski definition) is 1. The Balaban J connectivity index is 1.78. The minimum Gasteiger partial charge on any atom is -0.491 e. The van der Waals surface area contributed by atoms with Crippen LogP contribution in [0.2, 0.25) is 0 Å². The number of anilines is 1. The van der Waals surface area contributed by atoms with Gasteiger partial charge >= 0.3 is 0 Å². The van der Waals surface area contributed by atoms with Crippen LogP contribution in [0.3, 0.4) is 0 Å². The lowest BCUT2D eigenvalue weighted by atomic mass is 10.0. The highest BCUT2D eigenvalue weighted by molar-refractivity contribution is 6.12. The molecule has 0 aliphatic heterocycles. The monoisotopic (exact) mass is 383 g/mol. The lowest BCUT2D eigenvalue weighted by molar-refractivity contribution is 0.102. The van der Waals surface area contributed by atoms with Crippen molar-refractivity contribution in [2.45, 2.75) is 20.0 Å². The molecule has 0 saturated heterocycles. The van der Waals surface area contributed by atoms with Crippen LogP contribution in [0.25, 0.3) is 22.2 Å². The summed E-state index contributed by atoms with van der Waals surface area (Å²) in [7, 11) is 0. The Morgan fingerprint density at radius 3 is 2.59 bits per heavy atom. The highest BCUT2D eigenvalue weighted by Crippen LogP contribution is 2.28. The van der Waals surface area contributed by atoms with Crippen LogP contribution in [0, 0.1) is 0 Å². The number of rotatable bonds is 5. The summed E-state index contributed by atoms with van der Waals surface area (Å²) in [5.41, 5.74) is 2.91. The van der Waals surface area contributed by atoms with Crippen molar-refractivity contribution in [3.63, 3.8) is 0 Å². The molecule has 0 radical (unpaired) electrons. The van der Waals surface area contributed by atoms with E-state index in [-0.39, 0.29) is 12.0 Å². The number of benzene rings is 2. The fraction of sp³-hybridized carbons (Fsp3) is 0.125. The first-order valence-electron chi connectivity index (χ1n) is 9.49. The molecule has 0 bridgehead atoms. The van der Waals surface area contributed by atoms with Crippen LogP contribution in [0.15, 0.2) is 79.0 Å². The van der Waals surface area contributed by atoms with Gasteiger partial charge in [-0.05, 0) is 50.2 Å². The predicted octanol–water partition coefficient (Wildman–Crippen LogP) is 5.34. The molecule has 5 nitrogen and oxygen atoms in total. The molecule has 0 atom stereocenters. The van der Waals surface area contributed by atoms with Crippen LogP contribution in [-0.4, -0.2) is 22.0 Å². The van der Waals surface area contributed by atoms with E-state index in [9.17, 15) is 4.79 Å². The maximum atomic E-state index is 13.0. The first kappa shape index (κ1) is 18.6. The maximum absolute atomic E-state index is 13.0. The molecule has 2 heterocycles. The van der Waals surface area contributed by atoms with E-state index in [4.69, 9.17) is 9.72 Å². The molecule has 0 unspecified atom stereocenters. The lowest BCUT2D eigenvalue weighted by Gasteiger charge is -2.13. The molecule has 1 amide bonds. The van der Waals surface area contributed by atoms with Gasteiger partial charge in [-0.15, -0.1) is 0 Å². The molecule has 29 heavy (non-hydrogen) atoms. The molecule has 144 valence electrons. The molecule has 1 N–H and O–H groups in total. The number of fused-ring (bicyclic) bond motifs is 1. The van der Waals surface area contributed by atoms with Gasteiger partial charge in [0.2, 0.25) is 0 Å². The molecule has 4 rings (SSSR count). The zero-order valence-electron chi connectivity index (χ0n) is 16.3. The first-order chi connectivity index (χ1) is 14.1. The van der Waals surface area contributed by atoms with E-state index in [2.05, 4.69) is 10.3 Å². The second-order valence-electron chi connectivity index (χ2n) is 6.94. The van der Waals surface area contributed by atoms with Crippen molar-refractivity contribution >= 4 is 22.6 Å². The topological polar surface area (TPSA) is 64.1 Å². The normalized spacial score (nSPS) is 10.9. The van der Waals surface area contributed by atoms with Crippen LogP contribution < -0.4 is 10.1 Å². The number of nitrogens with one attached hydrogen (secondary N) is 1. The second kappa shape index (κ2) is 8.10. The van der Waals surface area contributed by atoms with Gasteiger partial charge in [0.15, 0.2) is 0 Å². The summed E-state index contributed by atoms with van der Waals surface area (Å²) in [6, 6.07) is 22.6. The van der Waals surface area contributed by atoms with Gasteiger partial charge in [-0.3, -0.25) is 4.79 Å². The van der Waals surface area contributed by atoms with Gasteiger partial charge in [-0.1, -0.05) is 36.4 Å². The fourth-order valence-corrected chi connectivity index (χ4v) is 3.13. The van der Waals surface area contributed by atoms with E-state index in [1.807, 2.05) is 80.6 Å². The zero-order valence-corrected chi connectivity index (χ0v) is 16.3. The Kier molecular flexibility index (Phi) is 5.20. The van der Waals surface area contributed by atoms with E-state index in [1.165, 1.54) is 0 Å². The molecule has 5 heteroatoms. The number of para-hydroxylation sites is 1. The van der Waals surface area contributed by atoms with Gasteiger partial charge in [0.25, 0.3) is 5.91 Å². The molecule has 2 aromatic heterocycles. The summed E-state index contributed by atoms with van der Waals surface area (Å²) >= 11 is 0. The Labute approximate surface area is 169 Å². The van der Waals surface area contributed by atoms with Gasteiger partial charge in [0.1, 0.15) is 11.6 Å². The number of nitrogens with zero attached hydrogens (tertiary/aromatic N) is 2. The summed E-state index contributed by atoms with van der Waals surface area (Å²) in [5, 5.41) is 3.65. The number of pyridine rings is 2. The molecule has 0 fully saturated rings. The van der Waals surface area contributed by atoms with E-state index in [0.717, 1.165) is 22.2 Å². The van der Waals surface area contributed by atoms with Gasteiger partial charge < -0.3 is 10.1 Å². The zero-order chi connectivity index (χ0) is 20.2. The summed E-state index contributed by atoms with van der Waals surface area (Å²) in [5.74, 6) is 1.05. The third-order valence-electron chi connectivity index (χ3n) is 4.37. The van der Waals surface area contributed by atoms with E-state index in [0.29, 0.717) is 17.1 Å². The van der Waals surface area contributed by atoms with Crippen LogP contribution in [-0.2, 0) is 0 Å². The Morgan fingerprint density at radius 1 is 0.966 bits per heavy atom. The lowest BCUT2D eigenvalue weighted by Crippen LogP contribution is -2.14. The maximum Gasteiger partial charge on any atom is 0.257 e. The molecule has 0 saturated carbocycles. The minimum absolute atomic E-state index is 0.0783. The number of carbonyl (C=O) groups excluding carboxylic acids is 1. The molecular weight excluding hydrogens is 362 g/mol. The van der Waals surface area contributed by atoms with Gasteiger partial charge in [0.05, 0.1) is 22.9 Å². The first-order valence-corrected chi connectivity index (χ1v) is 9.49. The van der Waals surface area contributed by atoms with Gasteiger partial charge in [-0.2, -0.15) is 0 Å². The Morgan fingerprint density at radius 2 is 1.79 bits per heavy atom. The van der Waals surface area contributed by atoms with Crippen molar-refractivity contribution in [1.29, 1.82) is 0 Å². The largest absolute Gasteiger partial charge is 0.491 e. The number of aromatic nitrogens is 2. The molecule has 4 aromatic rings. The van der Waals surface area contributed by atoms with E-state index in [1.54, 1.807) is 12.3 Å². The van der Waals surface area contributed by atoms with Gasteiger partial charge in [-0.25, -0.2) is 9.97 Å². The fourth-order valence-electron chi connectivity index (χ4n) is 3.13. The van der Waals surface area contributed by atoms with Crippen molar-refractivity contribution in [3.05, 3.63) is 84.6 Å². The minimum atomic E-state index is -0.224.